The zero-order valence-electron chi connectivity index (χ0n) is 11.6. The van der Waals surface area contributed by atoms with Crippen molar-refractivity contribution in [3.63, 3.8) is 0 Å². The topological polar surface area (TPSA) is 52.6 Å². The van der Waals surface area contributed by atoms with Crippen molar-refractivity contribution in [1.29, 1.82) is 0 Å². The minimum atomic E-state index is 0.0495. The van der Waals surface area contributed by atoms with E-state index in [9.17, 15) is 4.79 Å². The number of benzene rings is 1. The zero-order chi connectivity index (χ0) is 13.9. The van der Waals surface area contributed by atoms with Gasteiger partial charge in [-0.2, -0.15) is 0 Å². The molecule has 4 nitrogen and oxygen atoms in total. The summed E-state index contributed by atoms with van der Waals surface area (Å²) in [4.78, 5) is 13.9. The van der Waals surface area contributed by atoms with Crippen LogP contribution in [0.1, 0.15) is 25.7 Å². The third-order valence-corrected chi connectivity index (χ3v) is 2.98. The molecule has 0 bridgehead atoms. The van der Waals surface area contributed by atoms with Gasteiger partial charge in [0.25, 0.3) is 0 Å². The van der Waals surface area contributed by atoms with Gasteiger partial charge < -0.3 is 15.3 Å². The van der Waals surface area contributed by atoms with Crippen molar-refractivity contribution in [1.82, 2.24) is 4.90 Å². The number of carbonyl (C=O) groups excluding carboxylic acids is 1. The number of anilines is 1. The highest BCUT2D eigenvalue weighted by molar-refractivity contribution is 5.90. The Hall–Kier alpha value is -1.39. The molecule has 0 saturated carbocycles. The Bertz CT molecular complexity index is 354. The van der Waals surface area contributed by atoms with E-state index in [-0.39, 0.29) is 12.5 Å². The molecule has 1 amide bonds. The third-order valence-electron chi connectivity index (χ3n) is 2.98. The summed E-state index contributed by atoms with van der Waals surface area (Å²) >= 11 is 0. The van der Waals surface area contributed by atoms with Crippen LogP contribution >= 0.6 is 0 Å². The molecule has 0 aliphatic heterocycles. The predicted octanol–water partition coefficient (Wildman–Crippen LogP) is 2.11. The quantitative estimate of drug-likeness (QED) is 0.672. The van der Waals surface area contributed by atoms with Crippen LogP contribution in [0.4, 0.5) is 5.69 Å². The molecule has 1 aromatic rings. The Kier molecular flexibility index (Phi) is 7.86. The van der Waals surface area contributed by atoms with Crippen molar-refractivity contribution in [3.05, 3.63) is 30.3 Å². The van der Waals surface area contributed by atoms with Crippen LogP contribution in [0.25, 0.3) is 0 Å². The predicted molar refractivity (Wildman–Crippen MR) is 78.1 cm³/mol. The fraction of sp³-hybridized carbons (Fsp3) is 0.533. The van der Waals surface area contributed by atoms with Crippen LogP contribution in [0.15, 0.2) is 30.3 Å². The fourth-order valence-electron chi connectivity index (χ4n) is 1.82. The highest BCUT2D eigenvalue weighted by Gasteiger charge is 2.04. The first kappa shape index (κ1) is 15.7. The van der Waals surface area contributed by atoms with Gasteiger partial charge in [0.15, 0.2) is 0 Å². The Morgan fingerprint density at radius 2 is 1.89 bits per heavy atom. The number of rotatable bonds is 9. The van der Waals surface area contributed by atoms with Gasteiger partial charge in [-0.05, 0) is 45.0 Å². The highest BCUT2D eigenvalue weighted by atomic mass is 16.2. The normalized spacial score (nSPS) is 10.7. The summed E-state index contributed by atoms with van der Waals surface area (Å²) in [5, 5.41) is 11.6. The molecule has 1 rings (SSSR count). The molecule has 0 fully saturated rings. The average molecular weight is 264 g/mol. The zero-order valence-corrected chi connectivity index (χ0v) is 11.6. The second-order valence-corrected chi connectivity index (χ2v) is 4.75. The molecule has 1 aromatic carbocycles. The number of aliphatic hydroxyl groups is 1. The fourth-order valence-corrected chi connectivity index (χ4v) is 1.82. The lowest BCUT2D eigenvalue weighted by Gasteiger charge is -2.16. The number of carbonyl (C=O) groups is 1. The van der Waals surface area contributed by atoms with E-state index in [0.29, 0.717) is 6.42 Å². The van der Waals surface area contributed by atoms with Crippen molar-refractivity contribution in [3.8, 4) is 0 Å². The van der Waals surface area contributed by atoms with E-state index in [1.54, 1.807) is 0 Å². The molecule has 0 spiro atoms. The lowest BCUT2D eigenvalue weighted by molar-refractivity contribution is -0.116. The minimum absolute atomic E-state index is 0.0495. The standard InChI is InChI=1S/C15H24N2O2/c1-17(11-6-3-7-13-18)12-10-15(19)16-14-8-4-2-5-9-14/h2,4-5,8-9,18H,3,6-7,10-13H2,1H3,(H,16,19). The van der Waals surface area contributed by atoms with Crippen molar-refractivity contribution < 1.29 is 9.90 Å². The smallest absolute Gasteiger partial charge is 0.225 e. The number of amides is 1. The molecular formula is C15H24N2O2. The van der Waals surface area contributed by atoms with Crippen LogP contribution in [0.3, 0.4) is 0 Å². The van der Waals surface area contributed by atoms with Gasteiger partial charge in [0.05, 0.1) is 0 Å². The number of nitrogens with one attached hydrogen (secondary N) is 1. The minimum Gasteiger partial charge on any atom is -0.396 e. The van der Waals surface area contributed by atoms with Crippen molar-refractivity contribution >= 4 is 11.6 Å². The average Bonchev–Trinajstić information content (AvgIpc) is 2.42. The van der Waals surface area contributed by atoms with Gasteiger partial charge in [-0.25, -0.2) is 0 Å². The van der Waals surface area contributed by atoms with Crippen LogP contribution < -0.4 is 5.32 Å². The van der Waals surface area contributed by atoms with E-state index in [0.717, 1.165) is 38.0 Å². The molecular weight excluding hydrogens is 240 g/mol. The molecule has 0 atom stereocenters. The maximum Gasteiger partial charge on any atom is 0.225 e. The number of aliphatic hydroxyl groups excluding tert-OH is 1. The molecule has 19 heavy (non-hydrogen) atoms. The largest absolute Gasteiger partial charge is 0.396 e. The molecule has 0 aliphatic carbocycles. The SMILES string of the molecule is CN(CCCCCO)CCC(=O)Nc1ccccc1. The molecule has 106 valence electrons. The first-order valence-electron chi connectivity index (χ1n) is 6.86. The van der Waals surface area contributed by atoms with E-state index in [4.69, 9.17) is 5.11 Å². The summed E-state index contributed by atoms with van der Waals surface area (Å²) in [6.45, 7) is 2.00. The van der Waals surface area contributed by atoms with Crippen LogP contribution in [-0.4, -0.2) is 42.7 Å². The summed E-state index contributed by atoms with van der Waals surface area (Å²) in [5.41, 5.74) is 0.845. The summed E-state index contributed by atoms with van der Waals surface area (Å²) in [7, 11) is 2.02. The second kappa shape index (κ2) is 9.53. The van der Waals surface area contributed by atoms with Gasteiger partial charge in [-0.15, -0.1) is 0 Å². The molecule has 0 heterocycles. The Morgan fingerprint density at radius 1 is 1.16 bits per heavy atom. The summed E-state index contributed by atoms with van der Waals surface area (Å²) in [6.07, 6.45) is 3.47. The Balaban J connectivity index is 2.12. The van der Waals surface area contributed by atoms with Gasteiger partial charge in [-0.3, -0.25) is 4.79 Å². The van der Waals surface area contributed by atoms with Gasteiger partial charge >= 0.3 is 0 Å². The van der Waals surface area contributed by atoms with Gasteiger partial charge in [0, 0.05) is 25.3 Å². The Morgan fingerprint density at radius 3 is 2.58 bits per heavy atom. The third kappa shape index (κ3) is 7.59. The number of unbranched alkanes of at least 4 members (excludes halogenated alkanes) is 2. The molecule has 0 aliphatic rings. The lowest BCUT2D eigenvalue weighted by Crippen LogP contribution is -2.25. The number of nitrogens with zero attached hydrogens (tertiary/aromatic N) is 1. The molecule has 0 unspecified atom stereocenters. The van der Waals surface area contributed by atoms with Gasteiger partial charge in [-0.1, -0.05) is 18.2 Å². The molecule has 4 heteroatoms. The molecule has 0 radical (unpaired) electrons. The van der Waals surface area contributed by atoms with E-state index >= 15 is 0 Å². The van der Waals surface area contributed by atoms with E-state index in [2.05, 4.69) is 10.2 Å². The molecule has 2 N–H and O–H groups in total. The van der Waals surface area contributed by atoms with Crippen molar-refractivity contribution in [2.45, 2.75) is 25.7 Å². The first-order chi connectivity index (χ1) is 9.22. The summed E-state index contributed by atoms with van der Waals surface area (Å²) < 4.78 is 0. The Labute approximate surface area is 115 Å². The maximum atomic E-state index is 11.7. The summed E-state index contributed by atoms with van der Waals surface area (Å²) in [6, 6.07) is 9.51. The number of hydrogen-bond donors (Lipinski definition) is 2. The van der Waals surface area contributed by atoms with E-state index in [1.807, 2.05) is 37.4 Å². The van der Waals surface area contributed by atoms with Gasteiger partial charge in [0.2, 0.25) is 5.91 Å². The summed E-state index contributed by atoms with van der Waals surface area (Å²) in [5.74, 6) is 0.0495. The van der Waals surface area contributed by atoms with Crippen LogP contribution in [0.5, 0.6) is 0 Å². The molecule has 0 aromatic heterocycles. The van der Waals surface area contributed by atoms with Crippen LogP contribution in [-0.2, 0) is 4.79 Å². The maximum absolute atomic E-state index is 11.7. The first-order valence-corrected chi connectivity index (χ1v) is 6.86. The van der Waals surface area contributed by atoms with Crippen LogP contribution in [0.2, 0.25) is 0 Å². The monoisotopic (exact) mass is 264 g/mol. The number of hydrogen-bond acceptors (Lipinski definition) is 3. The van der Waals surface area contributed by atoms with Crippen molar-refractivity contribution in [2.24, 2.45) is 0 Å². The molecule has 0 saturated heterocycles. The highest BCUT2D eigenvalue weighted by Crippen LogP contribution is 2.05. The van der Waals surface area contributed by atoms with E-state index in [1.165, 1.54) is 0 Å². The lowest BCUT2D eigenvalue weighted by atomic mass is 10.2. The van der Waals surface area contributed by atoms with Crippen molar-refractivity contribution in [2.75, 3.05) is 32.1 Å². The second-order valence-electron chi connectivity index (χ2n) is 4.75. The van der Waals surface area contributed by atoms with Crippen LogP contribution in [0, 0.1) is 0 Å². The van der Waals surface area contributed by atoms with E-state index < -0.39 is 0 Å². The number of para-hydroxylation sites is 1. The van der Waals surface area contributed by atoms with Gasteiger partial charge in [0.1, 0.15) is 0 Å².